The van der Waals surface area contributed by atoms with E-state index in [1.807, 2.05) is 0 Å². The molecule has 2 aromatic carbocycles. The van der Waals surface area contributed by atoms with Crippen LogP contribution < -0.4 is 10.1 Å². The van der Waals surface area contributed by atoms with Crippen LogP contribution in [0, 0.1) is 17.0 Å². The minimum Gasteiger partial charge on any atom is -0.481 e. The van der Waals surface area contributed by atoms with Crippen molar-refractivity contribution in [1.82, 2.24) is 0 Å². The highest BCUT2D eigenvalue weighted by Crippen LogP contribution is 2.23. The summed E-state index contributed by atoms with van der Waals surface area (Å²) in [5.74, 6) is 0.0368. The van der Waals surface area contributed by atoms with Gasteiger partial charge >= 0.3 is 0 Å². The molecular formula is C16H15ClN2O4. The first-order valence-corrected chi connectivity index (χ1v) is 7.23. The van der Waals surface area contributed by atoms with E-state index in [0.717, 1.165) is 5.56 Å². The summed E-state index contributed by atoms with van der Waals surface area (Å²) in [6.45, 7) is 3.40. The largest absolute Gasteiger partial charge is 0.481 e. The molecule has 1 unspecified atom stereocenters. The molecule has 1 atom stereocenters. The van der Waals surface area contributed by atoms with Crippen molar-refractivity contribution in [3.63, 3.8) is 0 Å². The minimum atomic E-state index is -0.769. The highest BCUT2D eigenvalue weighted by atomic mass is 35.5. The molecule has 6 nitrogen and oxygen atoms in total. The van der Waals surface area contributed by atoms with Gasteiger partial charge in [0, 0.05) is 22.8 Å². The van der Waals surface area contributed by atoms with Gasteiger partial charge in [0.25, 0.3) is 11.6 Å². The van der Waals surface area contributed by atoms with Crippen molar-refractivity contribution in [2.24, 2.45) is 0 Å². The monoisotopic (exact) mass is 334 g/mol. The van der Waals surface area contributed by atoms with E-state index in [0.29, 0.717) is 16.5 Å². The Kier molecular flexibility index (Phi) is 5.18. The van der Waals surface area contributed by atoms with Crippen LogP contribution in [0.25, 0.3) is 0 Å². The van der Waals surface area contributed by atoms with Crippen LogP contribution in [0.2, 0.25) is 5.02 Å². The van der Waals surface area contributed by atoms with Crippen molar-refractivity contribution in [2.75, 3.05) is 5.32 Å². The number of anilines is 1. The van der Waals surface area contributed by atoms with E-state index >= 15 is 0 Å². The number of carbonyl (C=O) groups excluding carboxylic acids is 1. The van der Waals surface area contributed by atoms with Gasteiger partial charge in [0.05, 0.1) is 4.92 Å². The zero-order chi connectivity index (χ0) is 17.0. The maximum Gasteiger partial charge on any atom is 0.269 e. The van der Waals surface area contributed by atoms with E-state index in [9.17, 15) is 14.9 Å². The summed E-state index contributed by atoms with van der Waals surface area (Å²) in [5, 5.41) is 13.9. The van der Waals surface area contributed by atoms with E-state index in [4.69, 9.17) is 16.3 Å². The van der Waals surface area contributed by atoms with Crippen LogP contribution in [0.15, 0.2) is 42.5 Å². The van der Waals surface area contributed by atoms with Gasteiger partial charge in [-0.05, 0) is 43.7 Å². The van der Waals surface area contributed by atoms with Crippen molar-refractivity contribution in [3.05, 3.63) is 63.2 Å². The SMILES string of the molecule is Cc1c(Cl)cccc1NC(=O)C(C)Oc1ccc([N+](=O)[O-])cc1. The molecule has 2 rings (SSSR count). The molecule has 0 aromatic heterocycles. The van der Waals surface area contributed by atoms with Gasteiger partial charge in [-0.1, -0.05) is 17.7 Å². The van der Waals surface area contributed by atoms with Crippen molar-refractivity contribution >= 4 is 28.9 Å². The Morgan fingerprint density at radius 3 is 2.52 bits per heavy atom. The number of ether oxygens (including phenoxy) is 1. The Labute approximate surface area is 138 Å². The summed E-state index contributed by atoms with van der Waals surface area (Å²) in [4.78, 5) is 22.3. The molecule has 120 valence electrons. The maximum atomic E-state index is 12.2. The van der Waals surface area contributed by atoms with Crippen LogP contribution in [-0.2, 0) is 4.79 Å². The van der Waals surface area contributed by atoms with Crippen LogP contribution >= 0.6 is 11.6 Å². The number of hydrogen-bond acceptors (Lipinski definition) is 4. The Hall–Kier alpha value is -2.60. The molecular weight excluding hydrogens is 320 g/mol. The topological polar surface area (TPSA) is 81.5 Å². The average Bonchev–Trinajstić information content (AvgIpc) is 2.52. The standard InChI is InChI=1S/C16H15ClN2O4/c1-10-14(17)4-3-5-15(10)18-16(20)11(2)23-13-8-6-12(7-9-13)19(21)22/h3-9,11H,1-2H3,(H,18,20). The number of nitrogens with one attached hydrogen (secondary N) is 1. The third-order valence-electron chi connectivity index (χ3n) is 3.26. The van der Waals surface area contributed by atoms with Gasteiger partial charge in [-0.25, -0.2) is 0 Å². The molecule has 0 saturated heterocycles. The van der Waals surface area contributed by atoms with Gasteiger partial charge in [-0.2, -0.15) is 0 Å². The fraction of sp³-hybridized carbons (Fsp3) is 0.188. The number of halogens is 1. The lowest BCUT2D eigenvalue weighted by Crippen LogP contribution is -2.30. The summed E-state index contributed by atoms with van der Waals surface area (Å²) in [5.41, 5.74) is 1.34. The van der Waals surface area contributed by atoms with E-state index in [1.54, 1.807) is 32.0 Å². The number of amides is 1. The third-order valence-corrected chi connectivity index (χ3v) is 3.66. The van der Waals surface area contributed by atoms with Crippen molar-refractivity contribution in [1.29, 1.82) is 0 Å². The average molecular weight is 335 g/mol. The Morgan fingerprint density at radius 2 is 1.91 bits per heavy atom. The second kappa shape index (κ2) is 7.11. The van der Waals surface area contributed by atoms with Gasteiger partial charge < -0.3 is 10.1 Å². The first kappa shape index (κ1) is 16.8. The Balaban J connectivity index is 2.02. The quantitative estimate of drug-likeness (QED) is 0.662. The lowest BCUT2D eigenvalue weighted by atomic mass is 10.2. The number of nitrogens with zero attached hydrogens (tertiary/aromatic N) is 1. The number of hydrogen-bond donors (Lipinski definition) is 1. The van der Waals surface area contributed by atoms with E-state index in [-0.39, 0.29) is 11.6 Å². The number of non-ortho nitro benzene ring substituents is 1. The Morgan fingerprint density at radius 1 is 1.26 bits per heavy atom. The van der Waals surface area contributed by atoms with Crippen molar-refractivity contribution < 1.29 is 14.5 Å². The predicted octanol–water partition coefficient (Wildman–Crippen LogP) is 3.96. The predicted molar refractivity (Wildman–Crippen MR) is 88.0 cm³/mol. The van der Waals surface area contributed by atoms with E-state index in [1.165, 1.54) is 24.3 Å². The number of nitro groups is 1. The van der Waals surface area contributed by atoms with Gasteiger partial charge in [0.15, 0.2) is 6.10 Å². The summed E-state index contributed by atoms with van der Waals surface area (Å²) < 4.78 is 5.49. The second-order valence-corrected chi connectivity index (χ2v) is 5.32. The molecule has 7 heteroatoms. The number of rotatable bonds is 5. The van der Waals surface area contributed by atoms with Crippen LogP contribution in [0.5, 0.6) is 5.75 Å². The van der Waals surface area contributed by atoms with Crippen molar-refractivity contribution in [3.8, 4) is 5.75 Å². The first-order valence-electron chi connectivity index (χ1n) is 6.85. The lowest BCUT2D eigenvalue weighted by molar-refractivity contribution is -0.384. The summed E-state index contributed by atoms with van der Waals surface area (Å²) >= 11 is 6.01. The molecule has 0 heterocycles. The van der Waals surface area contributed by atoms with Crippen LogP contribution in [0.4, 0.5) is 11.4 Å². The van der Waals surface area contributed by atoms with Crippen LogP contribution in [0.3, 0.4) is 0 Å². The van der Waals surface area contributed by atoms with Crippen LogP contribution in [0.1, 0.15) is 12.5 Å². The normalized spacial score (nSPS) is 11.6. The highest BCUT2D eigenvalue weighted by molar-refractivity contribution is 6.31. The zero-order valence-corrected chi connectivity index (χ0v) is 13.3. The fourth-order valence-electron chi connectivity index (χ4n) is 1.88. The van der Waals surface area contributed by atoms with E-state index in [2.05, 4.69) is 5.32 Å². The molecule has 0 aliphatic heterocycles. The molecule has 1 amide bonds. The molecule has 0 aliphatic carbocycles. The molecule has 2 aromatic rings. The second-order valence-electron chi connectivity index (χ2n) is 4.91. The maximum absolute atomic E-state index is 12.2. The molecule has 0 saturated carbocycles. The lowest BCUT2D eigenvalue weighted by Gasteiger charge is -2.16. The molecule has 23 heavy (non-hydrogen) atoms. The van der Waals surface area contributed by atoms with Crippen LogP contribution in [-0.4, -0.2) is 16.9 Å². The van der Waals surface area contributed by atoms with Crippen molar-refractivity contribution in [2.45, 2.75) is 20.0 Å². The smallest absolute Gasteiger partial charge is 0.269 e. The molecule has 0 radical (unpaired) electrons. The summed E-state index contributed by atoms with van der Waals surface area (Å²) in [7, 11) is 0. The summed E-state index contributed by atoms with van der Waals surface area (Å²) in [6.07, 6.45) is -0.769. The Bertz CT molecular complexity index is 731. The summed E-state index contributed by atoms with van der Waals surface area (Å²) in [6, 6.07) is 10.8. The van der Waals surface area contributed by atoms with Gasteiger partial charge in [0.2, 0.25) is 0 Å². The first-order chi connectivity index (χ1) is 10.9. The van der Waals surface area contributed by atoms with Gasteiger partial charge in [-0.3, -0.25) is 14.9 Å². The zero-order valence-electron chi connectivity index (χ0n) is 12.6. The molecule has 0 bridgehead atoms. The number of nitro benzene ring substituents is 1. The third kappa shape index (κ3) is 4.20. The number of benzene rings is 2. The molecule has 0 spiro atoms. The fourth-order valence-corrected chi connectivity index (χ4v) is 2.06. The van der Waals surface area contributed by atoms with Gasteiger partial charge in [0.1, 0.15) is 5.75 Å². The number of carbonyl (C=O) groups is 1. The highest BCUT2D eigenvalue weighted by Gasteiger charge is 2.16. The molecule has 1 N–H and O–H groups in total. The van der Waals surface area contributed by atoms with Gasteiger partial charge in [-0.15, -0.1) is 0 Å². The minimum absolute atomic E-state index is 0.0380. The van der Waals surface area contributed by atoms with E-state index < -0.39 is 11.0 Å². The molecule has 0 fully saturated rings. The molecule has 0 aliphatic rings.